The van der Waals surface area contributed by atoms with Crippen molar-refractivity contribution in [2.24, 2.45) is 0 Å². The van der Waals surface area contributed by atoms with Crippen LogP contribution in [-0.2, 0) is 0 Å². The van der Waals surface area contributed by atoms with Gasteiger partial charge in [0.05, 0.1) is 11.7 Å². The number of nitrogens with one attached hydrogen (secondary N) is 1. The Bertz CT molecular complexity index is 590. The normalized spacial score (nSPS) is 12.4. The summed E-state index contributed by atoms with van der Waals surface area (Å²) in [5.74, 6) is 1.04. The van der Waals surface area contributed by atoms with E-state index in [0.29, 0.717) is 17.3 Å². The molecule has 1 atom stereocenters. The summed E-state index contributed by atoms with van der Waals surface area (Å²) in [5, 5.41) is 2.88. The quantitative estimate of drug-likeness (QED) is 0.929. The van der Waals surface area contributed by atoms with E-state index in [0.717, 1.165) is 5.69 Å². The van der Waals surface area contributed by atoms with E-state index in [2.05, 4.69) is 15.3 Å². The molecule has 0 aliphatic rings. The van der Waals surface area contributed by atoms with Crippen molar-refractivity contribution in [3.05, 3.63) is 47.4 Å². The predicted octanol–water partition coefficient (Wildman–Crippen LogP) is 2.99. The predicted molar refractivity (Wildman–Crippen MR) is 75.4 cm³/mol. The third kappa shape index (κ3) is 3.04. The third-order valence-corrected chi connectivity index (χ3v) is 3.00. The second-order valence-electron chi connectivity index (χ2n) is 5.06. The van der Waals surface area contributed by atoms with Gasteiger partial charge >= 0.3 is 0 Å². The summed E-state index contributed by atoms with van der Waals surface area (Å²) in [7, 11) is 0. The fourth-order valence-electron chi connectivity index (χ4n) is 1.85. The van der Waals surface area contributed by atoms with E-state index in [4.69, 9.17) is 4.42 Å². The molecule has 2 aromatic rings. The Morgan fingerprint density at radius 2 is 2.05 bits per heavy atom. The van der Waals surface area contributed by atoms with Crippen molar-refractivity contribution >= 4 is 5.91 Å². The van der Waals surface area contributed by atoms with Crippen LogP contribution in [0.3, 0.4) is 0 Å². The monoisotopic (exact) mass is 273 g/mol. The Balaban J connectivity index is 2.12. The summed E-state index contributed by atoms with van der Waals surface area (Å²) < 4.78 is 5.50. The molecule has 0 aromatic carbocycles. The number of amides is 1. The standard InChI is InChI=1S/C15H19N3O2/c1-9(2)15-18-13(11(4)20-15)14(19)17-10(3)12-7-5-6-8-16-12/h5-10H,1-4H3,(H,17,19). The van der Waals surface area contributed by atoms with Gasteiger partial charge in [0.15, 0.2) is 11.6 Å². The van der Waals surface area contributed by atoms with Crippen molar-refractivity contribution < 1.29 is 9.21 Å². The molecule has 2 rings (SSSR count). The van der Waals surface area contributed by atoms with Crippen LogP contribution >= 0.6 is 0 Å². The molecule has 2 aromatic heterocycles. The molecule has 0 aliphatic carbocycles. The van der Waals surface area contributed by atoms with Crippen LogP contribution in [0.25, 0.3) is 0 Å². The summed E-state index contributed by atoms with van der Waals surface area (Å²) >= 11 is 0. The van der Waals surface area contributed by atoms with Gasteiger partial charge in [-0.2, -0.15) is 0 Å². The molecule has 0 saturated heterocycles. The molecule has 0 radical (unpaired) electrons. The molecule has 2 heterocycles. The second kappa shape index (κ2) is 5.86. The minimum absolute atomic E-state index is 0.156. The average molecular weight is 273 g/mol. The van der Waals surface area contributed by atoms with Crippen LogP contribution in [0.4, 0.5) is 0 Å². The largest absolute Gasteiger partial charge is 0.445 e. The smallest absolute Gasteiger partial charge is 0.274 e. The minimum Gasteiger partial charge on any atom is -0.445 e. The van der Waals surface area contributed by atoms with Crippen LogP contribution in [0.15, 0.2) is 28.8 Å². The third-order valence-electron chi connectivity index (χ3n) is 3.00. The fourth-order valence-corrected chi connectivity index (χ4v) is 1.85. The first-order chi connectivity index (χ1) is 9.49. The molecule has 0 fully saturated rings. The highest BCUT2D eigenvalue weighted by molar-refractivity contribution is 5.93. The van der Waals surface area contributed by atoms with Crippen LogP contribution < -0.4 is 5.32 Å². The molecule has 0 spiro atoms. The van der Waals surface area contributed by atoms with Gasteiger partial charge in [0.25, 0.3) is 5.91 Å². The van der Waals surface area contributed by atoms with Gasteiger partial charge in [-0.25, -0.2) is 4.98 Å². The van der Waals surface area contributed by atoms with Gasteiger partial charge in [-0.15, -0.1) is 0 Å². The van der Waals surface area contributed by atoms with Gasteiger partial charge in [-0.1, -0.05) is 19.9 Å². The van der Waals surface area contributed by atoms with E-state index in [1.165, 1.54) is 0 Å². The maximum atomic E-state index is 12.2. The first-order valence-corrected chi connectivity index (χ1v) is 6.68. The Morgan fingerprint density at radius 3 is 2.60 bits per heavy atom. The number of aromatic nitrogens is 2. The van der Waals surface area contributed by atoms with Crippen molar-refractivity contribution in [2.45, 2.75) is 39.7 Å². The maximum absolute atomic E-state index is 12.2. The van der Waals surface area contributed by atoms with Gasteiger partial charge in [0.1, 0.15) is 5.76 Å². The molecule has 5 nitrogen and oxygen atoms in total. The van der Waals surface area contributed by atoms with Crippen LogP contribution in [-0.4, -0.2) is 15.9 Å². The van der Waals surface area contributed by atoms with E-state index in [1.54, 1.807) is 13.1 Å². The summed E-state index contributed by atoms with van der Waals surface area (Å²) in [6.45, 7) is 7.59. The van der Waals surface area contributed by atoms with Gasteiger partial charge in [-0.3, -0.25) is 9.78 Å². The van der Waals surface area contributed by atoms with Gasteiger partial charge in [0, 0.05) is 12.1 Å². The SMILES string of the molecule is Cc1oc(C(C)C)nc1C(=O)NC(C)c1ccccn1. The summed E-state index contributed by atoms with van der Waals surface area (Å²) in [6, 6.07) is 5.43. The molecule has 1 unspecified atom stereocenters. The number of hydrogen-bond donors (Lipinski definition) is 1. The van der Waals surface area contributed by atoms with E-state index < -0.39 is 0 Å². The lowest BCUT2D eigenvalue weighted by atomic mass is 10.2. The number of hydrogen-bond acceptors (Lipinski definition) is 4. The Labute approximate surface area is 118 Å². The number of carbonyl (C=O) groups is 1. The highest BCUT2D eigenvalue weighted by atomic mass is 16.4. The molecule has 0 saturated carbocycles. The number of nitrogens with zero attached hydrogens (tertiary/aromatic N) is 2. The van der Waals surface area contributed by atoms with E-state index in [1.807, 2.05) is 39.0 Å². The number of aryl methyl sites for hydroxylation is 1. The van der Waals surface area contributed by atoms with E-state index in [9.17, 15) is 4.79 Å². The van der Waals surface area contributed by atoms with Crippen LogP contribution in [0.1, 0.15) is 60.6 Å². The first kappa shape index (κ1) is 14.2. The molecule has 0 bridgehead atoms. The lowest BCUT2D eigenvalue weighted by molar-refractivity contribution is 0.0933. The van der Waals surface area contributed by atoms with E-state index in [-0.39, 0.29) is 17.9 Å². The molecule has 20 heavy (non-hydrogen) atoms. The molecular formula is C15H19N3O2. The van der Waals surface area contributed by atoms with Crippen molar-refractivity contribution in [3.63, 3.8) is 0 Å². The maximum Gasteiger partial charge on any atom is 0.274 e. The molecule has 5 heteroatoms. The Kier molecular flexibility index (Phi) is 4.17. The molecular weight excluding hydrogens is 254 g/mol. The van der Waals surface area contributed by atoms with Gasteiger partial charge in [-0.05, 0) is 26.0 Å². The van der Waals surface area contributed by atoms with Crippen molar-refractivity contribution in [2.75, 3.05) is 0 Å². The fraction of sp³-hybridized carbons (Fsp3) is 0.400. The first-order valence-electron chi connectivity index (χ1n) is 6.68. The minimum atomic E-state index is -0.240. The summed E-state index contributed by atoms with van der Waals surface area (Å²) in [5.41, 5.74) is 1.16. The lowest BCUT2D eigenvalue weighted by Crippen LogP contribution is -2.28. The summed E-state index contributed by atoms with van der Waals surface area (Å²) in [6.07, 6.45) is 1.70. The van der Waals surface area contributed by atoms with Crippen molar-refractivity contribution in [1.29, 1.82) is 0 Å². The molecule has 0 aliphatic heterocycles. The average Bonchev–Trinajstić information content (AvgIpc) is 2.82. The number of pyridine rings is 1. The lowest BCUT2D eigenvalue weighted by Gasteiger charge is -2.12. The Hall–Kier alpha value is -2.17. The van der Waals surface area contributed by atoms with Crippen LogP contribution in [0.5, 0.6) is 0 Å². The number of rotatable bonds is 4. The molecule has 106 valence electrons. The number of carbonyl (C=O) groups excluding carboxylic acids is 1. The zero-order valence-corrected chi connectivity index (χ0v) is 12.2. The number of oxazole rings is 1. The molecule has 1 N–H and O–H groups in total. The van der Waals surface area contributed by atoms with Gasteiger partial charge in [0.2, 0.25) is 0 Å². The second-order valence-corrected chi connectivity index (χ2v) is 5.06. The van der Waals surface area contributed by atoms with Crippen LogP contribution in [0, 0.1) is 6.92 Å². The zero-order valence-electron chi connectivity index (χ0n) is 12.2. The zero-order chi connectivity index (χ0) is 14.7. The van der Waals surface area contributed by atoms with Crippen LogP contribution in [0.2, 0.25) is 0 Å². The Morgan fingerprint density at radius 1 is 1.30 bits per heavy atom. The topological polar surface area (TPSA) is 68.0 Å². The van der Waals surface area contributed by atoms with E-state index >= 15 is 0 Å². The highest BCUT2D eigenvalue weighted by Crippen LogP contribution is 2.18. The highest BCUT2D eigenvalue weighted by Gasteiger charge is 2.20. The summed E-state index contributed by atoms with van der Waals surface area (Å²) in [4.78, 5) is 20.7. The molecule has 1 amide bonds. The van der Waals surface area contributed by atoms with Crippen molar-refractivity contribution in [1.82, 2.24) is 15.3 Å². The van der Waals surface area contributed by atoms with Crippen molar-refractivity contribution in [3.8, 4) is 0 Å². The van der Waals surface area contributed by atoms with Gasteiger partial charge < -0.3 is 9.73 Å².